The number of ether oxygens (including phenoxy) is 1. The summed E-state index contributed by atoms with van der Waals surface area (Å²) in [4.78, 5) is 27.0. The Bertz CT molecular complexity index is 337. The van der Waals surface area contributed by atoms with Crippen molar-refractivity contribution in [3.8, 4) is 0 Å². The molecular weight excluding hydrogens is 272 g/mol. The average molecular weight is 302 g/mol. The Morgan fingerprint density at radius 1 is 1.14 bits per heavy atom. The van der Waals surface area contributed by atoms with E-state index >= 15 is 0 Å². The van der Waals surface area contributed by atoms with Crippen LogP contribution in [0.2, 0.25) is 0 Å². The highest BCUT2D eigenvalue weighted by atomic mass is 16.5. The van der Waals surface area contributed by atoms with E-state index in [4.69, 9.17) is 9.84 Å². The zero-order valence-electron chi connectivity index (χ0n) is 14.2. The van der Waals surface area contributed by atoms with E-state index in [2.05, 4.69) is 25.7 Å². The molecule has 1 amide bonds. The molecule has 0 spiro atoms. The molecule has 0 aliphatic carbocycles. The number of carbonyl (C=O) groups excluding carboxylic acids is 2. The third-order valence-corrected chi connectivity index (χ3v) is 3.41. The van der Waals surface area contributed by atoms with Crippen LogP contribution in [0.15, 0.2) is 0 Å². The number of rotatable bonds is 8. The van der Waals surface area contributed by atoms with E-state index in [9.17, 15) is 9.59 Å². The third kappa shape index (κ3) is 8.02. The van der Waals surface area contributed by atoms with Gasteiger partial charge < -0.3 is 14.7 Å². The molecule has 0 aromatic heterocycles. The number of aliphatic hydroxyl groups excluding tert-OH is 1. The van der Waals surface area contributed by atoms with E-state index < -0.39 is 12.6 Å². The van der Waals surface area contributed by atoms with Gasteiger partial charge in [0.05, 0.1) is 6.54 Å². The Hall–Kier alpha value is -1.14. The summed E-state index contributed by atoms with van der Waals surface area (Å²) >= 11 is 0. The second-order valence-electron chi connectivity index (χ2n) is 6.45. The number of carbonyl (C=O) groups is 2. The molecule has 21 heavy (non-hydrogen) atoms. The van der Waals surface area contributed by atoms with Gasteiger partial charge in [-0.05, 0) is 27.8 Å². The quantitative estimate of drug-likeness (QED) is 0.670. The lowest BCUT2D eigenvalue weighted by Crippen LogP contribution is -2.46. The van der Waals surface area contributed by atoms with E-state index in [1.807, 2.05) is 20.9 Å². The van der Waals surface area contributed by atoms with Crippen molar-refractivity contribution in [3.63, 3.8) is 0 Å². The molecule has 0 atom stereocenters. The van der Waals surface area contributed by atoms with Crippen molar-refractivity contribution in [3.05, 3.63) is 0 Å². The number of amides is 1. The summed E-state index contributed by atoms with van der Waals surface area (Å²) < 4.78 is 4.83. The van der Waals surface area contributed by atoms with Crippen LogP contribution in [0.3, 0.4) is 0 Å². The van der Waals surface area contributed by atoms with Crippen molar-refractivity contribution in [1.29, 1.82) is 0 Å². The van der Waals surface area contributed by atoms with E-state index in [-0.39, 0.29) is 24.0 Å². The molecule has 0 saturated carbocycles. The molecule has 0 unspecified atom stereocenters. The van der Waals surface area contributed by atoms with Crippen molar-refractivity contribution < 1.29 is 19.4 Å². The molecule has 1 N–H and O–H groups in total. The van der Waals surface area contributed by atoms with Crippen LogP contribution in [0.1, 0.15) is 34.6 Å². The highest BCUT2D eigenvalue weighted by molar-refractivity contribution is 5.78. The molecule has 0 fully saturated rings. The largest absolute Gasteiger partial charge is 0.462 e. The minimum Gasteiger partial charge on any atom is -0.462 e. The highest BCUT2D eigenvalue weighted by Crippen LogP contribution is 2.10. The maximum atomic E-state index is 12.2. The molecule has 124 valence electrons. The van der Waals surface area contributed by atoms with Gasteiger partial charge in [-0.3, -0.25) is 9.69 Å². The zero-order chi connectivity index (χ0) is 16.6. The molecule has 0 aromatic rings. The first-order valence-electron chi connectivity index (χ1n) is 7.36. The molecule has 0 aliphatic rings. The first kappa shape index (κ1) is 19.9. The summed E-state index contributed by atoms with van der Waals surface area (Å²) in [7, 11) is 2.02. The van der Waals surface area contributed by atoms with E-state index in [1.165, 1.54) is 0 Å². The minimum atomic E-state index is -0.668. The van der Waals surface area contributed by atoms with Crippen LogP contribution in [0.5, 0.6) is 0 Å². The summed E-state index contributed by atoms with van der Waals surface area (Å²) in [6.45, 7) is 11.2. The first-order chi connectivity index (χ1) is 9.59. The summed E-state index contributed by atoms with van der Waals surface area (Å²) in [6.07, 6.45) is 0. The fourth-order valence-corrected chi connectivity index (χ4v) is 1.62. The Morgan fingerprint density at radius 3 is 2.14 bits per heavy atom. The Kier molecular flexibility index (Phi) is 8.51. The molecular formula is C15H30N2O4. The SMILES string of the molecule is CC(C)C(=O)N(CCOC(=O)CO)CCN(C)C(C)(C)C. The van der Waals surface area contributed by atoms with Crippen molar-refractivity contribution in [2.75, 3.05) is 39.9 Å². The Labute approximate surface area is 128 Å². The van der Waals surface area contributed by atoms with Gasteiger partial charge in [-0.2, -0.15) is 0 Å². The smallest absolute Gasteiger partial charge is 0.331 e. The molecule has 6 nitrogen and oxygen atoms in total. The van der Waals surface area contributed by atoms with Crippen LogP contribution in [-0.4, -0.2) is 72.2 Å². The normalized spacial score (nSPS) is 11.9. The molecule has 0 saturated heterocycles. The predicted molar refractivity (Wildman–Crippen MR) is 81.8 cm³/mol. The van der Waals surface area contributed by atoms with E-state index in [0.29, 0.717) is 13.1 Å². The first-order valence-corrected chi connectivity index (χ1v) is 7.36. The van der Waals surface area contributed by atoms with Gasteiger partial charge in [-0.25, -0.2) is 4.79 Å². The lowest BCUT2D eigenvalue weighted by molar-refractivity contribution is -0.149. The summed E-state index contributed by atoms with van der Waals surface area (Å²) in [6, 6.07) is 0. The number of likely N-dealkylation sites (N-methyl/N-ethyl adjacent to an activating group) is 1. The number of hydrogen-bond donors (Lipinski definition) is 1. The summed E-state index contributed by atoms with van der Waals surface area (Å²) in [5.41, 5.74) is 0.0376. The van der Waals surface area contributed by atoms with Crippen molar-refractivity contribution in [2.45, 2.75) is 40.2 Å². The topological polar surface area (TPSA) is 70.1 Å². The second-order valence-corrected chi connectivity index (χ2v) is 6.45. The fourth-order valence-electron chi connectivity index (χ4n) is 1.62. The summed E-state index contributed by atoms with van der Waals surface area (Å²) in [5, 5.41) is 8.60. The van der Waals surface area contributed by atoms with Crippen LogP contribution in [0.25, 0.3) is 0 Å². The van der Waals surface area contributed by atoms with E-state index in [1.54, 1.807) is 4.90 Å². The fraction of sp³-hybridized carbons (Fsp3) is 0.867. The maximum absolute atomic E-state index is 12.2. The zero-order valence-corrected chi connectivity index (χ0v) is 14.2. The van der Waals surface area contributed by atoms with Crippen molar-refractivity contribution >= 4 is 11.9 Å². The van der Waals surface area contributed by atoms with Gasteiger partial charge in [0.15, 0.2) is 0 Å². The maximum Gasteiger partial charge on any atom is 0.331 e. The minimum absolute atomic E-state index is 0.0376. The van der Waals surface area contributed by atoms with Gasteiger partial charge >= 0.3 is 5.97 Å². The van der Waals surface area contributed by atoms with Gasteiger partial charge in [0.25, 0.3) is 0 Å². The van der Waals surface area contributed by atoms with Gasteiger partial charge in [-0.15, -0.1) is 0 Å². The van der Waals surface area contributed by atoms with Crippen molar-refractivity contribution in [2.24, 2.45) is 5.92 Å². The highest BCUT2D eigenvalue weighted by Gasteiger charge is 2.21. The van der Waals surface area contributed by atoms with Crippen LogP contribution in [0.4, 0.5) is 0 Å². The van der Waals surface area contributed by atoms with Gasteiger partial charge in [0.1, 0.15) is 13.2 Å². The number of nitrogens with zero attached hydrogens (tertiary/aromatic N) is 2. The van der Waals surface area contributed by atoms with Crippen LogP contribution in [-0.2, 0) is 14.3 Å². The average Bonchev–Trinajstić information content (AvgIpc) is 2.39. The predicted octanol–water partition coefficient (Wildman–Crippen LogP) is 0.737. The van der Waals surface area contributed by atoms with Crippen LogP contribution >= 0.6 is 0 Å². The number of aliphatic hydroxyl groups is 1. The molecule has 0 bridgehead atoms. The van der Waals surface area contributed by atoms with Gasteiger partial charge in [-0.1, -0.05) is 13.8 Å². The lowest BCUT2D eigenvalue weighted by Gasteiger charge is -2.34. The van der Waals surface area contributed by atoms with Crippen LogP contribution < -0.4 is 0 Å². The molecule has 0 heterocycles. The standard InChI is InChI=1S/C15H30N2O4/c1-12(2)14(20)17(9-10-21-13(19)11-18)8-7-16(6)15(3,4)5/h12,18H,7-11H2,1-6H3. The molecule has 0 rings (SSSR count). The van der Waals surface area contributed by atoms with Gasteiger partial charge in [0.2, 0.25) is 5.91 Å². The van der Waals surface area contributed by atoms with E-state index in [0.717, 1.165) is 6.54 Å². The van der Waals surface area contributed by atoms with Crippen molar-refractivity contribution in [1.82, 2.24) is 9.80 Å². The molecule has 0 aliphatic heterocycles. The Balaban J connectivity index is 4.47. The number of hydrogen-bond acceptors (Lipinski definition) is 5. The summed E-state index contributed by atoms with van der Waals surface area (Å²) in [5.74, 6) is -0.727. The Morgan fingerprint density at radius 2 is 1.71 bits per heavy atom. The molecule has 0 aromatic carbocycles. The second kappa shape index (κ2) is 9.00. The monoisotopic (exact) mass is 302 g/mol. The van der Waals surface area contributed by atoms with Gasteiger partial charge in [0, 0.05) is 24.5 Å². The van der Waals surface area contributed by atoms with Crippen LogP contribution in [0, 0.1) is 5.92 Å². The molecule has 0 radical (unpaired) electrons. The lowest BCUT2D eigenvalue weighted by atomic mass is 10.1. The third-order valence-electron chi connectivity index (χ3n) is 3.41. The number of esters is 1. The molecule has 6 heteroatoms.